The number of fused-ring (bicyclic) bond motifs is 3. The van der Waals surface area contributed by atoms with Crippen LogP contribution in [-0.4, -0.2) is 53.7 Å². The summed E-state index contributed by atoms with van der Waals surface area (Å²) in [6, 6.07) is 12.6. The van der Waals surface area contributed by atoms with Crippen LogP contribution < -0.4 is 5.56 Å². The zero-order valence-corrected chi connectivity index (χ0v) is 19.4. The molecule has 1 aliphatic heterocycles. The molecule has 5 rings (SSSR count). The zero-order chi connectivity index (χ0) is 24.6. The van der Waals surface area contributed by atoms with E-state index >= 15 is 0 Å². The number of hydrogen-bond acceptors (Lipinski definition) is 8. The standard InChI is InChI=1S/C24H21N3O7S/c28-19(16-7-9-17(10-8-16)35(31,32)27-11-3-4-12-27)14-33-21(29)13-26-15-25-22-18-5-1-2-6-20(18)34-23(22)24(26)30/h1-2,5-10,15H,3-4,11-14H2. The molecule has 0 N–H and O–H groups in total. The highest BCUT2D eigenvalue weighted by atomic mass is 32.2. The van der Waals surface area contributed by atoms with Crippen LogP contribution in [0.25, 0.3) is 22.1 Å². The van der Waals surface area contributed by atoms with Gasteiger partial charge in [-0.25, -0.2) is 13.4 Å². The summed E-state index contributed by atoms with van der Waals surface area (Å²) in [6.45, 7) is -0.0209. The molecule has 1 fully saturated rings. The van der Waals surface area contributed by atoms with Gasteiger partial charge in [-0.15, -0.1) is 0 Å². The average molecular weight is 496 g/mol. The topological polar surface area (TPSA) is 129 Å². The van der Waals surface area contributed by atoms with Crippen molar-refractivity contribution in [3.63, 3.8) is 0 Å². The average Bonchev–Trinajstić information content (AvgIpc) is 3.54. The summed E-state index contributed by atoms with van der Waals surface area (Å²) in [6.07, 6.45) is 2.89. The van der Waals surface area contributed by atoms with Crippen LogP contribution in [0.4, 0.5) is 0 Å². The minimum atomic E-state index is -3.58. The second-order valence-corrected chi connectivity index (χ2v) is 10.1. The van der Waals surface area contributed by atoms with Gasteiger partial charge in [0.05, 0.1) is 11.2 Å². The minimum Gasteiger partial charge on any atom is -0.456 e. The van der Waals surface area contributed by atoms with Gasteiger partial charge in [-0.05, 0) is 49.2 Å². The number of nitrogens with zero attached hydrogens (tertiary/aromatic N) is 3. The first-order valence-electron chi connectivity index (χ1n) is 11.0. The maximum Gasteiger partial charge on any atom is 0.326 e. The molecule has 0 unspecified atom stereocenters. The molecule has 11 heteroatoms. The molecule has 0 amide bonds. The molecule has 180 valence electrons. The number of hydrogen-bond donors (Lipinski definition) is 0. The Morgan fingerprint density at radius 1 is 1.03 bits per heavy atom. The number of esters is 1. The van der Waals surface area contributed by atoms with E-state index in [0.717, 1.165) is 17.4 Å². The summed E-state index contributed by atoms with van der Waals surface area (Å²) >= 11 is 0. The Morgan fingerprint density at radius 3 is 2.49 bits per heavy atom. The van der Waals surface area contributed by atoms with Crippen LogP contribution in [-0.2, 0) is 26.1 Å². The second kappa shape index (κ2) is 9.08. The molecular weight excluding hydrogens is 474 g/mol. The van der Waals surface area contributed by atoms with Crippen molar-refractivity contribution < 1.29 is 27.2 Å². The number of Topliss-reactive ketones (excluding diaryl/α,β-unsaturated/α-hetero) is 1. The number of carbonyl (C=O) groups is 2. The van der Waals surface area contributed by atoms with E-state index in [4.69, 9.17) is 9.15 Å². The molecule has 0 aliphatic carbocycles. The third kappa shape index (κ3) is 4.35. The van der Waals surface area contributed by atoms with Crippen molar-refractivity contribution in [2.45, 2.75) is 24.3 Å². The third-order valence-electron chi connectivity index (χ3n) is 5.89. The van der Waals surface area contributed by atoms with Gasteiger partial charge in [0, 0.05) is 24.0 Å². The summed E-state index contributed by atoms with van der Waals surface area (Å²) in [5.74, 6) is -1.30. The van der Waals surface area contributed by atoms with Crippen molar-refractivity contribution in [1.29, 1.82) is 0 Å². The van der Waals surface area contributed by atoms with E-state index in [-0.39, 0.29) is 16.0 Å². The van der Waals surface area contributed by atoms with Gasteiger partial charge in [-0.3, -0.25) is 19.0 Å². The first-order chi connectivity index (χ1) is 16.8. The van der Waals surface area contributed by atoms with Crippen molar-refractivity contribution in [3.8, 4) is 0 Å². The smallest absolute Gasteiger partial charge is 0.326 e. The Morgan fingerprint density at radius 2 is 1.74 bits per heavy atom. The van der Waals surface area contributed by atoms with Crippen LogP contribution >= 0.6 is 0 Å². The van der Waals surface area contributed by atoms with E-state index in [9.17, 15) is 22.8 Å². The summed E-state index contributed by atoms with van der Waals surface area (Å²) in [7, 11) is -3.58. The van der Waals surface area contributed by atoms with E-state index in [1.54, 1.807) is 24.3 Å². The Kier molecular flexibility index (Phi) is 5.95. The Labute approximate surface area is 199 Å². The molecule has 35 heavy (non-hydrogen) atoms. The lowest BCUT2D eigenvalue weighted by atomic mass is 10.1. The van der Waals surface area contributed by atoms with Crippen LogP contribution in [0, 0.1) is 0 Å². The summed E-state index contributed by atoms with van der Waals surface area (Å²) in [5, 5.41) is 0.694. The fraction of sp³-hybridized carbons (Fsp3) is 0.250. The summed E-state index contributed by atoms with van der Waals surface area (Å²) < 4.78 is 38.3. The van der Waals surface area contributed by atoms with Gasteiger partial charge in [0.15, 0.2) is 12.4 Å². The van der Waals surface area contributed by atoms with E-state index in [1.807, 2.05) is 0 Å². The summed E-state index contributed by atoms with van der Waals surface area (Å²) in [4.78, 5) is 41.7. The molecule has 0 bridgehead atoms. The first-order valence-corrected chi connectivity index (χ1v) is 12.4. The number of aromatic nitrogens is 2. The van der Waals surface area contributed by atoms with E-state index in [1.165, 1.54) is 34.9 Å². The second-order valence-electron chi connectivity index (χ2n) is 8.17. The number of sulfonamides is 1. The van der Waals surface area contributed by atoms with Crippen molar-refractivity contribution in [1.82, 2.24) is 13.9 Å². The molecule has 0 radical (unpaired) electrons. The predicted molar refractivity (Wildman–Crippen MR) is 125 cm³/mol. The van der Waals surface area contributed by atoms with Crippen molar-refractivity contribution >= 4 is 43.8 Å². The van der Waals surface area contributed by atoms with Gasteiger partial charge in [-0.1, -0.05) is 12.1 Å². The van der Waals surface area contributed by atoms with E-state index in [0.29, 0.717) is 29.6 Å². The number of ether oxygens (including phenoxy) is 1. The van der Waals surface area contributed by atoms with Gasteiger partial charge in [-0.2, -0.15) is 4.31 Å². The molecule has 2 aromatic heterocycles. The molecule has 0 saturated carbocycles. The first kappa shape index (κ1) is 22.9. The van der Waals surface area contributed by atoms with Crippen molar-refractivity contribution in [3.05, 3.63) is 70.8 Å². The van der Waals surface area contributed by atoms with Crippen LogP contribution in [0.2, 0.25) is 0 Å². The van der Waals surface area contributed by atoms with Crippen LogP contribution in [0.1, 0.15) is 23.2 Å². The molecule has 1 aliphatic rings. The van der Waals surface area contributed by atoms with Gasteiger partial charge < -0.3 is 9.15 Å². The Hall–Kier alpha value is -3.83. The van der Waals surface area contributed by atoms with Crippen molar-refractivity contribution in [2.24, 2.45) is 0 Å². The number of para-hydroxylation sites is 1. The van der Waals surface area contributed by atoms with Crippen LogP contribution in [0.15, 0.2) is 69.0 Å². The molecule has 0 atom stereocenters. The normalized spacial score (nSPS) is 14.5. The Bertz CT molecular complexity index is 1600. The van der Waals surface area contributed by atoms with Crippen LogP contribution in [0.3, 0.4) is 0 Å². The SMILES string of the molecule is O=C(Cn1cnc2c(oc3ccccc32)c1=O)OCC(=O)c1ccc(S(=O)(=O)N2CCCC2)cc1. The van der Waals surface area contributed by atoms with Gasteiger partial charge in [0.25, 0.3) is 5.56 Å². The number of furan rings is 1. The monoisotopic (exact) mass is 495 g/mol. The largest absolute Gasteiger partial charge is 0.456 e. The fourth-order valence-corrected chi connectivity index (χ4v) is 5.55. The maximum absolute atomic E-state index is 12.7. The lowest BCUT2D eigenvalue weighted by molar-refractivity contribution is -0.143. The predicted octanol–water partition coefficient (Wildman–Crippen LogP) is 2.35. The fourth-order valence-electron chi connectivity index (χ4n) is 4.03. The zero-order valence-electron chi connectivity index (χ0n) is 18.5. The number of carbonyl (C=O) groups excluding carboxylic acids is 2. The lowest BCUT2D eigenvalue weighted by Gasteiger charge is -2.15. The molecule has 0 spiro atoms. The molecule has 10 nitrogen and oxygen atoms in total. The lowest BCUT2D eigenvalue weighted by Crippen LogP contribution is -2.28. The third-order valence-corrected chi connectivity index (χ3v) is 7.81. The minimum absolute atomic E-state index is 0.0292. The molecule has 3 heterocycles. The number of benzene rings is 2. The highest BCUT2D eigenvalue weighted by Crippen LogP contribution is 2.24. The highest BCUT2D eigenvalue weighted by molar-refractivity contribution is 7.89. The number of ketones is 1. The van der Waals surface area contributed by atoms with E-state index < -0.39 is 40.5 Å². The molecule has 2 aromatic carbocycles. The van der Waals surface area contributed by atoms with Gasteiger partial charge in [0.1, 0.15) is 17.6 Å². The maximum atomic E-state index is 12.7. The molecular formula is C24H21N3O7S. The summed E-state index contributed by atoms with van der Waals surface area (Å²) in [5.41, 5.74) is 0.615. The van der Waals surface area contributed by atoms with Crippen LogP contribution in [0.5, 0.6) is 0 Å². The molecule has 4 aromatic rings. The number of rotatable bonds is 7. The van der Waals surface area contributed by atoms with Gasteiger partial charge >= 0.3 is 5.97 Å². The van der Waals surface area contributed by atoms with Gasteiger partial charge in [0.2, 0.25) is 15.6 Å². The quantitative estimate of drug-likeness (QED) is 0.282. The Balaban J connectivity index is 1.23. The molecule has 1 saturated heterocycles. The van der Waals surface area contributed by atoms with E-state index in [2.05, 4.69) is 4.98 Å². The van der Waals surface area contributed by atoms with Crippen molar-refractivity contribution in [2.75, 3.05) is 19.7 Å². The highest BCUT2D eigenvalue weighted by Gasteiger charge is 2.27.